The van der Waals surface area contributed by atoms with Crippen LogP contribution in [-0.2, 0) is 4.84 Å². The van der Waals surface area contributed by atoms with Crippen molar-refractivity contribution in [2.24, 2.45) is 5.90 Å². The molecule has 1 atom stereocenters. The SMILES string of the molecule is CC(CON)c1ccncc1. The molecule has 0 saturated heterocycles. The highest BCUT2D eigenvalue weighted by atomic mass is 16.6. The standard InChI is InChI=1S/C8H12N2O/c1-7(6-11-9)8-2-4-10-5-3-8/h2-5,7H,6,9H2,1H3. The van der Waals surface area contributed by atoms with Gasteiger partial charge in [-0.15, -0.1) is 0 Å². The lowest BCUT2D eigenvalue weighted by Crippen LogP contribution is -2.08. The molecule has 2 N–H and O–H groups in total. The molecule has 0 aliphatic heterocycles. The first kappa shape index (κ1) is 8.17. The van der Waals surface area contributed by atoms with Gasteiger partial charge in [0.2, 0.25) is 0 Å². The third kappa shape index (κ3) is 2.29. The van der Waals surface area contributed by atoms with Crippen molar-refractivity contribution < 1.29 is 4.84 Å². The van der Waals surface area contributed by atoms with E-state index in [2.05, 4.69) is 16.7 Å². The van der Waals surface area contributed by atoms with Gasteiger partial charge in [0, 0.05) is 18.3 Å². The summed E-state index contributed by atoms with van der Waals surface area (Å²) in [7, 11) is 0. The monoisotopic (exact) mass is 152 g/mol. The van der Waals surface area contributed by atoms with Crippen molar-refractivity contribution in [3.8, 4) is 0 Å². The average Bonchev–Trinajstić information content (AvgIpc) is 2.07. The summed E-state index contributed by atoms with van der Waals surface area (Å²) in [6.07, 6.45) is 3.53. The summed E-state index contributed by atoms with van der Waals surface area (Å²) >= 11 is 0. The van der Waals surface area contributed by atoms with Crippen molar-refractivity contribution in [3.05, 3.63) is 30.1 Å². The van der Waals surface area contributed by atoms with Crippen LogP contribution >= 0.6 is 0 Å². The first-order chi connectivity index (χ1) is 5.34. The Morgan fingerprint density at radius 1 is 1.55 bits per heavy atom. The lowest BCUT2D eigenvalue weighted by atomic mass is 10.0. The molecule has 3 nitrogen and oxygen atoms in total. The Hall–Kier alpha value is -0.930. The molecule has 0 aliphatic rings. The van der Waals surface area contributed by atoms with E-state index in [0.717, 1.165) is 0 Å². The number of aromatic nitrogens is 1. The first-order valence-electron chi connectivity index (χ1n) is 3.56. The predicted octanol–water partition coefficient (Wildman–Crippen LogP) is 1.08. The van der Waals surface area contributed by atoms with Gasteiger partial charge >= 0.3 is 0 Å². The minimum Gasteiger partial charge on any atom is -0.304 e. The number of hydrogen-bond donors (Lipinski definition) is 1. The average molecular weight is 152 g/mol. The van der Waals surface area contributed by atoms with Crippen molar-refractivity contribution in [2.45, 2.75) is 12.8 Å². The van der Waals surface area contributed by atoms with Gasteiger partial charge < -0.3 is 4.84 Å². The van der Waals surface area contributed by atoms with E-state index in [0.29, 0.717) is 12.5 Å². The van der Waals surface area contributed by atoms with E-state index in [1.807, 2.05) is 12.1 Å². The minimum atomic E-state index is 0.336. The van der Waals surface area contributed by atoms with Gasteiger partial charge in [0.05, 0.1) is 6.61 Å². The maximum atomic E-state index is 4.95. The van der Waals surface area contributed by atoms with Gasteiger partial charge in [0.25, 0.3) is 0 Å². The number of nitrogens with two attached hydrogens (primary N) is 1. The van der Waals surface area contributed by atoms with Crippen LogP contribution in [-0.4, -0.2) is 11.6 Å². The van der Waals surface area contributed by atoms with E-state index < -0.39 is 0 Å². The van der Waals surface area contributed by atoms with Gasteiger partial charge in [-0.25, -0.2) is 5.90 Å². The summed E-state index contributed by atoms with van der Waals surface area (Å²) in [4.78, 5) is 8.45. The third-order valence-corrected chi connectivity index (χ3v) is 1.62. The topological polar surface area (TPSA) is 48.1 Å². The normalized spacial score (nSPS) is 12.9. The highest BCUT2D eigenvalue weighted by Gasteiger charge is 2.02. The van der Waals surface area contributed by atoms with Crippen molar-refractivity contribution in [3.63, 3.8) is 0 Å². The fourth-order valence-corrected chi connectivity index (χ4v) is 0.933. The molecular formula is C8H12N2O. The van der Waals surface area contributed by atoms with Crippen LogP contribution in [0.3, 0.4) is 0 Å². The Balaban J connectivity index is 2.61. The molecule has 3 heteroatoms. The third-order valence-electron chi connectivity index (χ3n) is 1.62. The smallest absolute Gasteiger partial charge is 0.0745 e. The molecule has 11 heavy (non-hydrogen) atoms. The molecule has 0 bridgehead atoms. The van der Waals surface area contributed by atoms with Crippen LogP contribution in [0.1, 0.15) is 18.4 Å². The molecule has 0 saturated carbocycles. The van der Waals surface area contributed by atoms with Crippen LogP contribution in [0.15, 0.2) is 24.5 Å². The van der Waals surface area contributed by atoms with Gasteiger partial charge in [-0.05, 0) is 17.7 Å². The minimum absolute atomic E-state index is 0.336. The summed E-state index contributed by atoms with van der Waals surface area (Å²) in [5.74, 6) is 5.29. The molecule has 1 aromatic heterocycles. The second-order valence-corrected chi connectivity index (χ2v) is 2.51. The quantitative estimate of drug-likeness (QED) is 0.659. The number of rotatable bonds is 3. The molecule has 0 amide bonds. The van der Waals surface area contributed by atoms with Gasteiger partial charge in [-0.3, -0.25) is 4.98 Å². The van der Waals surface area contributed by atoms with E-state index in [1.165, 1.54) is 5.56 Å². The van der Waals surface area contributed by atoms with E-state index >= 15 is 0 Å². The van der Waals surface area contributed by atoms with E-state index in [9.17, 15) is 0 Å². The lowest BCUT2D eigenvalue weighted by Gasteiger charge is -2.08. The van der Waals surface area contributed by atoms with Gasteiger partial charge in [0.1, 0.15) is 0 Å². The summed E-state index contributed by atoms with van der Waals surface area (Å²) < 4.78 is 0. The Morgan fingerprint density at radius 2 is 2.18 bits per heavy atom. The van der Waals surface area contributed by atoms with Crippen LogP contribution in [0.2, 0.25) is 0 Å². The zero-order valence-electron chi connectivity index (χ0n) is 6.53. The molecule has 0 aromatic carbocycles. The summed E-state index contributed by atoms with van der Waals surface area (Å²) in [5, 5.41) is 0. The Morgan fingerprint density at radius 3 is 2.73 bits per heavy atom. The lowest BCUT2D eigenvalue weighted by molar-refractivity contribution is 0.126. The molecule has 1 aromatic rings. The van der Waals surface area contributed by atoms with Crippen LogP contribution in [0.4, 0.5) is 0 Å². The fraction of sp³-hybridized carbons (Fsp3) is 0.375. The second kappa shape index (κ2) is 4.05. The van der Waals surface area contributed by atoms with Crippen molar-refractivity contribution >= 4 is 0 Å². The number of hydrogen-bond acceptors (Lipinski definition) is 3. The zero-order chi connectivity index (χ0) is 8.10. The largest absolute Gasteiger partial charge is 0.304 e. The molecule has 0 spiro atoms. The molecule has 1 heterocycles. The number of nitrogens with zero attached hydrogens (tertiary/aromatic N) is 1. The van der Waals surface area contributed by atoms with E-state index in [1.54, 1.807) is 12.4 Å². The highest BCUT2D eigenvalue weighted by molar-refractivity contribution is 5.14. The van der Waals surface area contributed by atoms with Gasteiger partial charge in [0.15, 0.2) is 0 Å². The van der Waals surface area contributed by atoms with Crippen LogP contribution in [0.25, 0.3) is 0 Å². The highest BCUT2D eigenvalue weighted by Crippen LogP contribution is 2.12. The van der Waals surface area contributed by atoms with Crippen molar-refractivity contribution in [2.75, 3.05) is 6.61 Å². The number of pyridine rings is 1. The van der Waals surface area contributed by atoms with Gasteiger partial charge in [-0.1, -0.05) is 6.92 Å². The Labute approximate surface area is 66.2 Å². The van der Waals surface area contributed by atoms with Crippen molar-refractivity contribution in [1.82, 2.24) is 4.98 Å². The predicted molar refractivity (Wildman–Crippen MR) is 42.8 cm³/mol. The molecule has 0 fully saturated rings. The second-order valence-electron chi connectivity index (χ2n) is 2.51. The van der Waals surface area contributed by atoms with E-state index in [4.69, 9.17) is 5.90 Å². The molecule has 1 unspecified atom stereocenters. The fourth-order valence-electron chi connectivity index (χ4n) is 0.933. The molecular weight excluding hydrogens is 140 g/mol. The molecule has 0 radical (unpaired) electrons. The molecule has 0 aliphatic carbocycles. The van der Waals surface area contributed by atoms with Crippen LogP contribution < -0.4 is 5.90 Å². The Bertz CT molecular complexity index is 201. The first-order valence-corrected chi connectivity index (χ1v) is 3.56. The summed E-state index contributed by atoms with van der Waals surface area (Å²) in [6, 6.07) is 3.92. The van der Waals surface area contributed by atoms with Crippen molar-refractivity contribution in [1.29, 1.82) is 0 Å². The molecule has 60 valence electrons. The summed E-state index contributed by atoms with van der Waals surface area (Å²) in [5.41, 5.74) is 1.20. The van der Waals surface area contributed by atoms with Gasteiger partial charge in [-0.2, -0.15) is 0 Å². The zero-order valence-corrected chi connectivity index (χ0v) is 6.53. The molecule has 1 rings (SSSR count). The van der Waals surface area contributed by atoms with Crippen LogP contribution in [0.5, 0.6) is 0 Å². The maximum Gasteiger partial charge on any atom is 0.0745 e. The summed E-state index contributed by atoms with van der Waals surface area (Å²) in [6.45, 7) is 2.60. The maximum absolute atomic E-state index is 4.95. The van der Waals surface area contributed by atoms with Crippen LogP contribution in [0, 0.1) is 0 Å². The van der Waals surface area contributed by atoms with E-state index in [-0.39, 0.29) is 0 Å². The Kier molecular flexibility index (Phi) is 3.01.